The van der Waals surface area contributed by atoms with E-state index in [1.54, 1.807) is 9.80 Å². The molecular weight excluding hydrogens is 360 g/mol. The van der Waals surface area contributed by atoms with Gasteiger partial charge in [0, 0.05) is 31.4 Å². The number of nitrogens with two attached hydrogens (primary N) is 1. The number of urea groups is 1. The molecule has 1 aliphatic rings. The molecule has 0 spiro atoms. The molecule has 1 fully saturated rings. The van der Waals surface area contributed by atoms with Crippen LogP contribution >= 0.6 is 0 Å². The molecular formula is C19H26N6O3. The van der Waals surface area contributed by atoms with E-state index in [0.29, 0.717) is 32.0 Å². The minimum atomic E-state index is -0.336. The summed E-state index contributed by atoms with van der Waals surface area (Å²) in [7, 11) is 0. The number of hydrogen-bond acceptors (Lipinski definition) is 6. The van der Waals surface area contributed by atoms with Crippen LogP contribution < -0.4 is 11.1 Å². The first-order valence-corrected chi connectivity index (χ1v) is 9.41. The van der Waals surface area contributed by atoms with Crippen molar-refractivity contribution >= 4 is 23.4 Å². The predicted molar refractivity (Wildman–Crippen MR) is 105 cm³/mol. The standard InChI is InChI=1S/C19H26N6O3/c1-12(2)14-4-6-15(7-5-14)21-19(27)25-11-10-24(9-8-13(25)3)18(26)16-17(20)23-28-22-16/h4-7,12-13H,8-11H2,1-3H3,(H2,20,23)(H,21,27). The SMILES string of the molecule is CC(C)c1ccc(NC(=O)N2CCN(C(=O)c3nonc3N)CCC2C)cc1. The summed E-state index contributed by atoms with van der Waals surface area (Å²) in [4.78, 5) is 28.7. The number of benzene rings is 1. The van der Waals surface area contributed by atoms with Crippen LogP contribution in [0.2, 0.25) is 0 Å². The summed E-state index contributed by atoms with van der Waals surface area (Å²) in [5, 5.41) is 9.97. The molecule has 9 heteroatoms. The van der Waals surface area contributed by atoms with Gasteiger partial charge in [-0.2, -0.15) is 0 Å². The van der Waals surface area contributed by atoms with Crippen LogP contribution in [0.3, 0.4) is 0 Å². The number of carbonyl (C=O) groups excluding carboxylic acids is 2. The smallest absolute Gasteiger partial charge is 0.322 e. The summed E-state index contributed by atoms with van der Waals surface area (Å²) in [5.74, 6) is 0.0760. The molecule has 1 aromatic carbocycles. The van der Waals surface area contributed by atoms with E-state index < -0.39 is 0 Å². The highest BCUT2D eigenvalue weighted by Crippen LogP contribution is 2.19. The lowest BCUT2D eigenvalue weighted by atomic mass is 10.0. The molecule has 2 heterocycles. The third kappa shape index (κ3) is 4.24. The van der Waals surface area contributed by atoms with Gasteiger partial charge in [-0.05, 0) is 47.3 Å². The Morgan fingerprint density at radius 1 is 1.18 bits per heavy atom. The zero-order valence-electron chi connectivity index (χ0n) is 16.4. The number of anilines is 2. The Kier molecular flexibility index (Phi) is 5.81. The fourth-order valence-electron chi connectivity index (χ4n) is 3.20. The molecule has 0 bridgehead atoms. The summed E-state index contributed by atoms with van der Waals surface area (Å²) >= 11 is 0. The normalized spacial score (nSPS) is 17.5. The van der Waals surface area contributed by atoms with E-state index in [2.05, 4.69) is 34.1 Å². The summed E-state index contributed by atoms with van der Waals surface area (Å²) in [6.07, 6.45) is 0.649. The number of aromatic nitrogens is 2. The van der Waals surface area contributed by atoms with E-state index >= 15 is 0 Å². The maximum absolute atomic E-state index is 12.8. The number of hydrogen-bond donors (Lipinski definition) is 2. The monoisotopic (exact) mass is 386 g/mol. The van der Waals surface area contributed by atoms with Crippen molar-refractivity contribution in [1.29, 1.82) is 0 Å². The molecule has 3 rings (SSSR count). The Balaban J connectivity index is 1.63. The zero-order chi connectivity index (χ0) is 20.3. The van der Waals surface area contributed by atoms with Gasteiger partial charge in [-0.25, -0.2) is 9.42 Å². The van der Waals surface area contributed by atoms with Crippen molar-refractivity contribution in [2.45, 2.75) is 39.2 Å². The Hall–Kier alpha value is -3.10. The van der Waals surface area contributed by atoms with Crippen molar-refractivity contribution in [3.8, 4) is 0 Å². The molecule has 0 radical (unpaired) electrons. The Morgan fingerprint density at radius 2 is 1.89 bits per heavy atom. The molecule has 1 unspecified atom stereocenters. The molecule has 1 aromatic heterocycles. The van der Waals surface area contributed by atoms with Gasteiger partial charge in [0.2, 0.25) is 11.5 Å². The first-order valence-electron chi connectivity index (χ1n) is 9.41. The van der Waals surface area contributed by atoms with Crippen molar-refractivity contribution < 1.29 is 14.2 Å². The van der Waals surface area contributed by atoms with Gasteiger partial charge in [0.05, 0.1) is 0 Å². The zero-order valence-corrected chi connectivity index (χ0v) is 16.4. The molecule has 28 heavy (non-hydrogen) atoms. The maximum Gasteiger partial charge on any atom is 0.322 e. The number of rotatable bonds is 3. The van der Waals surface area contributed by atoms with E-state index in [4.69, 9.17) is 5.73 Å². The predicted octanol–water partition coefficient (Wildman–Crippen LogP) is 2.54. The van der Waals surface area contributed by atoms with Gasteiger partial charge < -0.3 is 20.9 Å². The fourth-order valence-corrected chi connectivity index (χ4v) is 3.20. The summed E-state index contributed by atoms with van der Waals surface area (Å²) < 4.78 is 4.51. The molecule has 150 valence electrons. The van der Waals surface area contributed by atoms with E-state index in [1.165, 1.54) is 5.56 Å². The quantitative estimate of drug-likeness (QED) is 0.837. The summed E-state index contributed by atoms with van der Waals surface area (Å²) in [5.41, 5.74) is 7.60. The lowest BCUT2D eigenvalue weighted by Gasteiger charge is -2.27. The first-order chi connectivity index (χ1) is 13.4. The number of nitrogens with zero attached hydrogens (tertiary/aromatic N) is 4. The largest absolute Gasteiger partial charge is 0.379 e. The number of nitrogen functional groups attached to an aromatic ring is 1. The van der Waals surface area contributed by atoms with Crippen LogP contribution in [0, 0.1) is 0 Å². The van der Waals surface area contributed by atoms with Crippen LogP contribution in [0.5, 0.6) is 0 Å². The second-order valence-corrected chi connectivity index (χ2v) is 7.33. The highest BCUT2D eigenvalue weighted by atomic mass is 16.6. The van der Waals surface area contributed by atoms with Gasteiger partial charge in [-0.15, -0.1) is 0 Å². The van der Waals surface area contributed by atoms with E-state index in [-0.39, 0.29) is 29.5 Å². The second kappa shape index (κ2) is 8.28. The average molecular weight is 386 g/mol. The van der Waals surface area contributed by atoms with Crippen molar-refractivity contribution in [1.82, 2.24) is 20.1 Å². The number of amides is 3. The molecule has 1 saturated heterocycles. The van der Waals surface area contributed by atoms with Crippen molar-refractivity contribution in [3.05, 3.63) is 35.5 Å². The molecule has 1 aliphatic heterocycles. The third-order valence-electron chi connectivity index (χ3n) is 5.05. The number of nitrogens with one attached hydrogen (secondary N) is 1. The molecule has 3 N–H and O–H groups in total. The molecule has 1 atom stereocenters. The van der Waals surface area contributed by atoms with Crippen LogP contribution in [0.4, 0.5) is 16.3 Å². The highest BCUT2D eigenvalue weighted by molar-refractivity contribution is 5.96. The first kappa shape index (κ1) is 19.7. The van der Waals surface area contributed by atoms with Crippen molar-refractivity contribution in [2.24, 2.45) is 0 Å². The topological polar surface area (TPSA) is 118 Å². The van der Waals surface area contributed by atoms with Crippen LogP contribution in [0.1, 0.15) is 49.2 Å². The minimum Gasteiger partial charge on any atom is -0.379 e. The maximum atomic E-state index is 12.8. The Bertz CT molecular complexity index is 832. The lowest BCUT2D eigenvalue weighted by Crippen LogP contribution is -2.42. The van der Waals surface area contributed by atoms with Crippen LogP contribution in [0.25, 0.3) is 0 Å². The second-order valence-electron chi connectivity index (χ2n) is 7.33. The van der Waals surface area contributed by atoms with E-state index in [9.17, 15) is 9.59 Å². The Morgan fingerprint density at radius 3 is 2.50 bits per heavy atom. The molecule has 0 saturated carbocycles. The van der Waals surface area contributed by atoms with Gasteiger partial charge >= 0.3 is 6.03 Å². The van der Waals surface area contributed by atoms with Crippen LogP contribution in [-0.4, -0.2) is 57.7 Å². The minimum absolute atomic E-state index is 0.01000. The highest BCUT2D eigenvalue weighted by Gasteiger charge is 2.29. The molecule has 9 nitrogen and oxygen atoms in total. The lowest BCUT2D eigenvalue weighted by molar-refractivity contribution is 0.0752. The summed E-state index contributed by atoms with van der Waals surface area (Å²) in [6, 6.07) is 7.66. The molecule has 2 aromatic rings. The van der Waals surface area contributed by atoms with Gasteiger partial charge in [-0.1, -0.05) is 26.0 Å². The Labute approximate surface area is 163 Å². The van der Waals surface area contributed by atoms with Crippen LogP contribution in [0.15, 0.2) is 28.9 Å². The van der Waals surface area contributed by atoms with Crippen molar-refractivity contribution in [2.75, 3.05) is 30.7 Å². The van der Waals surface area contributed by atoms with E-state index in [1.807, 2.05) is 31.2 Å². The van der Waals surface area contributed by atoms with Gasteiger partial charge in [-0.3, -0.25) is 4.79 Å². The van der Waals surface area contributed by atoms with Crippen LogP contribution in [-0.2, 0) is 0 Å². The molecule has 0 aliphatic carbocycles. The fraction of sp³-hybridized carbons (Fsp3) is 0.474. The number of carbonyl (C=O) groups is 2. The van der Waals surface area contributed by atoms with Gasteiger partial charge in [0.25, 0.3) is 5.91 Å². The van der Waals surface area contributed by atoms with Gasteiger partial charge in [0.15, 0.2) is 0 Å². The third-order valence-corrected chi connectivity index (χ3v) is 5.05. The van der Waals surface area contributed by atoms with Crippen molar-refractivity contribution in [3.63, 3.8) is 0 Å². The average Bonchev–Trinajstić information content (AvgIpc) is 2.99. The summed E-state index contributed by atoms with van der Waals surface area (Å²) in [6.45, 7) is 7.52. The van der Waals surface area contributed by atoms with Gasteiger partial charge in [0.1, 0.15) is 0 Å². The molecule has 3 amide bonds. The van der Waals surface area contributed by atoms with E-state index in [0.717, 1.165) is 5.69 Å².